The van der Waals surface area contributed by atoms with Crippen LogP contribution in [0.25, 0.3) is 0 Å². The van der Waals surface area contributed by atoms with Crippen LogP contribution in [-0.2, 0) is 17.8 Å². The van der Waals surface area contributed by atoms with Crippen molar-refractivity contribution in [2.75, 3.05) is 19.7 Å². The van der Waals surface area contributed by atoms with E-state index < -0.39 is 0 Å². The van der Waals surface area contributed by atoms with E-state index in [0.717, 1.165) is 30.0 Å². The third kappa shape index (κ3) is 4.86. The molecule has 0 aromatic heterocycles. The van der Waals surface area contributed by atoms with Gasteiger partial charge in [0, 0.05) is 43.1 Å². The summed E-state index contributed by atoms with van der Waals surface area (Å²) in [7, 11) is 0. The first-order valence-corrected chi connectivity index (χ1v) is 8.45. The zero-order valence-electron chi connectivity index (χ0n) is 14.6. The van der Waals surface area contributed by atoms with Crippen molar-refractivity contribution in [3.63, 3.8) is 0 Å². The highest BCUT2D eigenvalue weighted by Gasteiger charge is 2.21. The lowest BCUT2D eigenvalue weighted by atomic mass is 10.1. The fraction of sp³-hybridized carbons (Fsp3) is 0.611. The van der Waals surface area contributed by atoms with E-state index in [-0.39, 0.29) is 17.9 Å². The number of carbonyl (C=O) groups is 1. The van der Waals surface area contributed by atoms with Gasteiger partial charge in [-0.25, -0.2) is 0 Å². The van der Waals surface area contributed by atoms with Crippen LogP contribution in [0.15, 0.2) is 12.1 Å². The van der Waals surface area contributed by atoms with Crippen LogP contribution in [0.1, 0.15) is 38.8 Å². The van der Waals surface area contributed by atoms with Gasteiger partial charge in [-0.05, 0) is 26.0 Å². The normalized spacial score (nSPS) is 16.1. The molecule has 1 aromatic carbocycles. The molecule has 1 aliphatic heterocycles. The van der Waals surface area contributed by atoms with E-state index in [0.29, 0.717) is 19.7 Å². The van der Waals surface area contributed by atoms with Crippen molar-refractivity contribution in [2.24, 2.45) is 5.92 Å². The highest BCUT2D eigenvalue weighted by Crippen LogP contribution is 2.35. The van der Waals surface area contributed by atoms with Crippen molar-refractivity contribution in [3.8, 4) is 11.5 Å². The van der Waals surface area contributed by atoms with Crippen LogP contribution in [0.2, 0.25) is 0 Å². The Hall–Kier alpha value is -1.75. The number of hydrogen-bond donors (Lipinski definition) is 2. The molecule has 0 radical (unpaired) electrons. The van der Waals surface area contributed by atoms with Crippen LogP contribution in [0, 0.1) is 5.92 Å². The minimum Gasteiger partial charge on any atom is -0.494 e. The summed E-state index contributed by atoms with van der Waals surface area (Å²) in [6, 6.07) is 4.17. The highest BCUT2D eigenvalue weighted by molar-refractivity contribution is 5.77. The Kier molecular flexibility index (Phi) is 6.28. The van der Waals surface area contributed by atoms with Crippen molar-refractivity contribution in [3.05, 3.63) is 23.3 Å². The average Bonchev–Trinajstić information content (AvgIpc) is 2.85. The van der Waals surface area contributed by atoms with E-state index in [1.165, 1.54) is 5.56 Å². The zero-order chi connectivity index (χ0) is 16.8. The first-order valence-electron chi connectivity index (χ1n) is 8.45. The third-order valence-electron chi connectivity index (χ3n) is 3.82. The minimum atomic E-state index is 0.0235. The summed E-state index contributed by atoms with van der Waals surface area (Å²) in [6.45, 7) is 10.5. The average molecular weight is 320 g/mol. The quantitative estimate of drug-likeness (QED) is 0.722. The number of fused-ring (bicyclic) bond motifs is 1. The Labute approximate surface area is 138 Å². The molecule has 23 heavy (non-hydrogen) atoms. The predicted molar refractivity (Wildman–Crippen MR) is 91.0 cm³/mol. The molecule has 0 bridgehead atoms. The molecule has 0 saturated heterocycles. The van der Waals surface area contributed by atoms with Gasteiger partial charge in [0.2, 0.25) is 5.91 Å². The van der Waals surface area contributed by atoms with Gasteiger partial charge in [-0.2, -0.15) is 0 Å². The second kappa shape index (κ2) is 8.20. The Balaban J connectivity index is 1.89. The molecule has 0 saturated carbocycles. The van der Waals surface area contributed by atoms with Gasteiger partial charge in [0.15, 0.2) is 0 Å². The molecular formula is C18H28N2O3. The Bertz CT molecular complexity index is 543. The SMILES string of the molecule is CCOc1cc2c(cc1CNCCNC(=O)C(C)C)OC(C)C2. The predicted octanol–water partition coefficient (Wildman–Crippen LogP) is 2.27. The molecule has 0 spiro atoms. The van der Waals surface area contributed by atoms with Crippen molar-refractivity contribution >= 4 is 5.91 Å². The van der Waals surface area contributed by atoms with Crippen LogP contribution in [0.4, 0.5) is 0 Å². The zero-order valence-corrected chi connectivity index (χ0v) is 14.6. The first kappa shape index (κ1) is 17.6. The van der Waals surface area contributed by atoms with E-state index in [4.69, 9.17) is 9.47 Å². The van der Waals surface area contributed by atoms with Crippen LogP contribution < -0.4 is 20.1 Å². The lowest BCUT2D eigenvalue weighted by Gasteiger charge is -2.14. The number of rotatable bonds is 8. The topological polar surface area (TPSA) is 59.6 Å². The second-order valence-electron chi connectivity index (χ2n) is 6.26. The molecule has 1 aliphatic rings. The maximum atomic E-state index is 11.5. The molecule has 2 rings (SSSR count). The number of amides is 1. The van der Waals surface area contributed by atoms with Gasteiger partial charge in [-0.3, -0.25) is 4.79 Å². The van der Waals surface area contributed by atoms with E-state index in [1.54, 1.807) is 0 Å². The highest BCUT2D eigenvalue weighted by atomic mass is 16.5. The van der Waals surface area contributed by atoms with E-state index >= 15 is 0 Å². The molecule has 1 unspecified atom stereocenters. The van der Waals surface area contributed by atoms with Crippen LogP contribution in [-0.4, -0.2) is 31.7 Å². The fourth-order valence-electron chi connectivity index (χ4n) is 2.61. The van der Waals surface area contributed by atoms with Gasteiger partial charge in [-0.15, -0.1) is 0 Å². The molecule has 5 nitrogen and oxygen atoms in total. The molecule has 1 atom stereocenters. The maximum Gasteiger partial charge on any atom is 0.222 e. The number of nitrogens with one attached hydrogen (secondary N) is 2. The van der Waals surface area contributed by atoms with Gasteiger partial charge >= 0.3 is 0 Å². The standard InChI is InChI=1S/C18H28N2O3/c1-5-22-16-9-14-8-13(4)23-17(14)10-15(16)11-19-6-7-20-18(21)12(2)3/h9-10,12-13,19H,5-8,11H2,1-4H3,(H,20,21). The molecule has 2 N–H and O–H groups in total. The fourth-order valence-corrected chi connectivity index (χ4v) is 2.61. The lowest BCUT2D eigenvalue weighted by molar-refractivity contribution is -0.123. The first-order chi connectivity index (χ1) is 11.0. The Morgan fingerprint density at radius 3 is 2.87 bits per heavy atom. The Morgan fingerprint density at radius 2 is 2.17 bits per heavy atom. The number of benzene rings is 1. The molecule has 1 heterocycles. The summed E-state index contributed by atoms with van der Waals surface area (Å²) in [5.74, 6) is 1.99. The summed E-state index contributed by atoms with van der Waals surface area (Å²) in [5.41, 5.74) is 2.31. The van der Waals surface area contributed by atoms with Crippen molar-refractivity contribution in [1.29, 1.82) is 0 Å². The van der Waals surface area contributed by atoms with Crippen LogP contribution in [0.3, 0.4) is 0 Å². The van der Waals surface area contributed by atoms with E-state index in [9.17, 15) is 4.79 Å². The van der Waals surface area contributed by atoms with Crippen molar-refractivity contribution in [1.82, 2.24) is 10.6 Å². The van der Waals surface area contributed by atoms with Crippen molar-refractivity contribution in [2.45, 2.75) is 46.8 Å². The molecular weight excluding hydrogens is 292 g/mol. The smallest absolute Gasteiger partial charge is 0.222 e. The molecule has 1 amide bonds. The summed E-state index contributed by atoms with van der Waals surface area (Å²) in [6.07, 6.45) is 1.17. The van der Waals surface area contributed by atoms with E-state index in [2.05, 4.69) is 29.7 Å². The number of ether oxygens (including phenoxy) is 2. The molecule has 0 fully saturated rings. The molecule has 1 aromatic rings. The Morgan fingerprint density at radius 1 is 1.39 bits per heavy atom. The summed E-state index contributed by atoms with van der Waals surface area (Å²) in [5, 5.41) is 6.25. The molecule has 5 heteroatoms. The van der Waals surface area contributed by atoms with Gasteiger partial charge in [-0.1, -0.05) is 13.8 Å². The van der Waals surface area contributed by atoms with E-state index in [1.807, 2.05) is 20.8 Å². The van der Waals surface area contributed by atoms with Crippen LogP contribution in [0.5, 0.6) is 11.5 Å². The van der Waals surface area contributed by atoms with Gasteiger partial charge in [0.05, 0.1) is 6.61 Å². The van der Waals surface area contributed by atoms with Gasteiger partial charge in [0.1, 0.15) is 17.6 Å². The molecule has 0 aliphatic carbocycles. The lowest BCUT2D eigenvalue weighted by Crippen LogP contribution is -2.34. The summed E-state index contributed by atoms with van der Waals surface area (Å²) in [4.78, 5) is 11.5. The number of carbonyl (C=O) groups excluding carboxylic acids is 1. The monoisotopic (exact) mass is 320 g/mol. The summed E-state index contributed by atoms with van der Waals surface area (Å²) >= 11 is 0. The van der Waals surface area contributed by atoms with Crippen LogP contribution >= 0.6 is 0 Å². The van der Waals surface area contributed by atoms with Gasteiger partial charge in [0.25, 0.3) is 0 Å². The minimum absolute atomic E-state index is 0.0235. The summed E-state index contributed by atoms with van der Waals surface area (Å²) < 4.78 is 11.6. The van der Waals surface area contributed by atoms with Gasteiger partial charge < -0.3 is 20.1 Å². The largest absolute Gasteiger partial charge is 0.494 e. The third-order valence-corrected chi connectivity index (χ3v) is 3.82. The maximum absolute atomic E-state index is 11.5. The number of hydrogen-bond acceptors (Lipinski definition) is 4. The second-order valence-corrected chi connectivity index (χ2v) is 6.26. The molecule has 128 valence electrons. The van der Waals surface area contributed by atoms with Crippen molar-refractivity contribution < 1.29 is 14.3 Å².